The summed E-state index contributed by atoms with van der Waals surface area (Å²) in [6.07, 6.45) is 0. The van der Waals surface area contributed by atoms with Gasteiger partial charge in [-0.15, -0.1) is 17.7 Å². The minimum Gasteiger partial charge on any atom is -0.657 e. The molecule has 7 aromatic carbocycles. The Balaban J connectivity index is 0.000000228. The van der Waals surface area contributed by atoms with Gasteiger partial charge < -0.3 is 14.9 Å². The molecule has 9 rings (SSSR count). The number of rotatable bonds is 7. The van der Waals surface area contributed by atoms with E-state index in [0.717, 1.165) is 50.4 Å². The molecule has 1 radical (unpaired) electrons. The zero-order valence-corrected chi connectivity index (χ0v) is 40.6. The first-order chi connectivity index (χ1) is 29.7. The van der Waals surface area contributed by atoms with Crippen molar-refractivity contribution in [1.29, 1.82) is 0 Å². The van der Waals surface area contributed by atoms with Gasteiger partial charge in [-0.25, -0.2) is 0 Å². The van der Waals surface area contributed by atoms with Crippen LogP contribution in [-0.4, -0.2) is 5.84 Å². The summed E-state index contributed by atoms with van der Waals surface area (Å²) in [5.41, 5.74) is 15.8. The predicted molar refractivity (Wildman–Crippen MR) is 266 cm³/mol. The number of amidine groups is 1. The molecule has 0 spiro atoms. The molecule has 0 aliphatic carbocycles. The zero-order chi connectivity index (χ0) is 43.8. The van der Waals surface area contributed by atoms with E-state index in [9.17, 15) is 0 Å². The molecule has 0 amide bonds. The Morgan fingerprint density at radius 1 is 0.476 bits per heavy atom. The van der Waals surface area contributed by atoms with Crippen LogP contribution in [0.3, 0.4) is 0 Å². The van der Waals surface area contributed by atoms with Gasteiger partial charge in [0.05, 0.1) is 0 Å². The van der Waals surface area contributed by atoms with Crippen molar-refractivity contribution >= 4 is 39.0 Å². The Hall–Kier alpha value is -5.65. The fraction of sp³-hybridized carbons (Fsp3) is 0.241. The molecule has 0 fully saturated rings. The van der Waals surface area contributed by atoms with Crippen LogP contribution in [0, 0.1) is 6.67 Å². The second kappa shape index (κ2) is 18.6. The summed E-state index contributed by atoms with van der Waals surface area (Å²) in [7, 11) is 0. The topological polar surface area (TPSA) is 32.9 Å². The molecule has 8 aromatic rings. The molecule has 63 heavy (non-hydrogen) atoms. The molecule has 5 heteroatoms. The van der Waals surface area contributed by atoms with Crippen LogP contribution >= 0.6 is 0 Å². The Labute approximate surface area is 391 Å². The normalized spacial score (nSPS) is 13.0. The molecular formula is C58H60AuN4-2. The summed E-state index contributed by atoms with van der Waals surface area (Å²) in [5.74, 6) is 1.64. The van der Waals surface area contributed by atoms with Gasteiger partial charge in [0.2, 0.25) is 0 Å². The first-order valence-corrected chi connectivity index (χ1v) is 22.1. The smallest absolute Gasteiger partial charge is 0.129 e. The van der Waals surface area contributed by atoms with Crippen molar-refractivity contribution in [2.75, 3.05) is 9.91 Å². The molecule has 0 bridgehead atoms. The first-order valence-electron chi connectivity index (χ1n) is 22.1. The maximum atomic E-state index is 5.38. The molecule has 0 unspecified atom stereocenters. The van der Waals surface area contributed by atoms with E-state index in [-0.39, 0.29) is 33.2 Å². The van der Waals surface area contributed by atoms with Crippen LogP contribution in [0.1, 0.15) is 109 Å². The van der Waals surface area contributed by atoms with E-state index in [1.807, 2.05) is 0 Å². The Kier molecular flexibility index (Phi) is 13.4. The average Bonchev–Trinajstić information content (AvgIpc) is 3.88. The number of hydrogen-bond acceptors (Lipinski definition) is 3. The van der Waals surface area contributed by atoms with E-state index in [0.29, 0.717) is 11.8 Å². The summed E-state index contributed by atoms with van der Waals surface area (Å²) in [6.45, 7) is 24.7. The van der Waals surface area contributed by atoms with Gasteiger partial charge in [0, 0.05) is 50.4 Å². The molecule has 4 nitrogen and oxygen atoms in total. The molecule has 1 aliphatic rings. The number of para-hydroxylation sites is 2. The molecule has 0 saturated heterocycles. The van der Waals surface area contributed by atoms with E-state index in [1.54, 1.807) is 0 Å². The largest absolute Gasteiger partial charge is 0.657 e. The standard InChI is InChI=1S/C38H36N3.C20H24N.Au/c1-27(2)32-22-14-23-33(28(3)4)36(32)40-26-41(39-38(40)31-20-12-7-13-21-31)37-34(29-16-8-5-9-17-29)24-15-25-35(37)30-18-10-6-11-19-30;1-19(2,3)13-7-9-15-16-10-8-14(20(4,5)6)12-18(16)21-17(15)11-13;/h5-28H,1-4H3;7-12H,1-6H3;/q2*-1;. The van der Waals surface area contributed by atoms with Gasteiger partial charge in [-0.1, -0.05) is 233 Å². The number of nitrogens with zero attached hydrogens (tertiary/aromatic N) is 4. The molecule has 0 saturated carbocycles. The second-order valence-corrected chi connectivity index (χ2v) is 19.2. The first kappa shape index (κ1) is 45.4. The molecule has 325 valence electrons. The molecule has 1 aromatic heterocycles. The summed E-state index contributed by atoms with van der Waals surface area (Å²) in [6, 6.07) is 58.4. The van der Waals surface area contributed by atoms with Crippen molar-refractivity contribution in [3.8, 4) is 22.3 Å². The van der Waals surface area contributed by atoms with Crippen LogP contribution in [0.2, 0.25) is 0 Å². The fourth-order valence-electron chi connectivity index (χ4n) is 8.44. The van der Waals surface area contributed by atoms with Crippen molar-refractivity contribution in [3.63, 3.8) is 0 Å². The van der Waals surface area contributed by atoms with E-state index in [1.165, 1.54) is 38.7 Å². The summed E-state index contributed by atoms with van der Waals surface area (Å²) < 4.78 is 0. The predicted octanol–water partition coefficient (Wildman–Crippen LogP) is 15.6. The van der Waals surface area contributed by atoms with Gasteiger partial charge in [-0.2, -0.15) is 5.10 Å². The average molecular weight is 1010 g/mol. The van der Waals surface area contributed by atoms with Crippen LogP contribution in [0.25, 0.3) is 44.1 Å². The SMILES string of the molecule is CC(C)(C)c1ccc2c(c1)[n-]c1cc(C(C)(C)C)ccc12.CC(C)c1cccc(C(C)C)c1N1[CH-]N(c2c(-c3ccccc3)cccc2-c2ccccc2)N=C1c1ccccc1.[Au]. The summed E-state index contributed by atoms with van der Waals surface area (Å²) in [4.78, 5) is 7.18. The number of aromatic nitrogens is 1. The Bertz CT molecular complexity index is 2690. The van der Waals surface area contributed by atoms with Gasteiger partial charge in [0.1, 0.15) is 5.84 Å². The number of hydrogen-bond donors (Lipinski definition) is 0. The Morgan fingerprint density at radius 3 is 1.30 bits per heavy atom. The third kappa shape index (κ3) is 9.50. The maximum Gasteiger partial charge on any atom is 0.129 e. The van der Waals surface area contributed by atoms with Crippen LogP contribution in [-0.2, 0) is 33.2 Å². The fourth-order valence-corrected chi connectivity index (χ4v) is 8.44. The molecule has 2 heterocycles. The molecule has 1 aliphatic heterocycles. The van der Waals surface area contributed by atoms with E-state index >= 15 is 0 Å². The third-order valence-corrected chi connectivity index (χ3v) is 12.0. The quantitative estimate of drug-likeness (QED) is 0.118. The number of anilines is 2. The molecule has 0 N–H and O–H groups in total. The third-order valence-electron chi connectivity index (χ3n) is 12.0. The van der Waals surface area contributed by atoms with Crippen molar-refractivity contribution in [2.24, 2.45) is 5.10 Å². The monoisotopic (exact) mass is 1010 g/mol. The van der Waals surface area contributed by atoms with Gasteiger partial charge in [0.25, 0.3) is 0 Å². The van der Waals surface area contributed by atoms with E-state index < -0.39 is 0 Å². The van der Waals surface area contributed by atoms with Gasteiger partial charge in [-0.05, 0) is 66.8 Å². The molecular weight excluding hydrogens is 950 g/mol. The van der Waals surface area contributed by atoms with Crippen molar-refractivity contribution in [3.05, 3.63) is 198 Å². The molecule has 0 atom stereocenters. The van der Waals surface area contributed by atoms with Crippen LogP contribution in [0.15, 0.2) is 169 Å². The van der Waals surface area contributed by atoms with E-state index in [4.69, 9.17) is 10.1 Å². The number of benzene rings is 7. The van der Waals surface area contributed by atoms with Gasteiger partial charge in [0.15, 0.2) is 0 Å². The maximum absolute atomic E-state index is 5.38. The van der Waals surface area contributed by atoms with Crippen LogP contribution < -0.4 is 14.9 Å². The number of fused-ring (bicyclic) bond motifs is 3. The van der Waals surface area contributed by atoms with Crippen LogP contribution in [0.5, 0.6) is 0 Å². The second-order valence-electron chi connectivity index (χ2n) is 19.2. The zero-order valence-electron chi connectivity index (χ0n) is 38.4. The summed E-state index contributed by atoms with van der Waals surface area (Å²) >= 11 is 0. The number of hydrazone groups is 1. The van der Waals surface area contributed by atoms with Crippen LogP contribution in [0.4, 0.5) is 11.4 Å². The summed E-state index contributed by atoms with van der Waals surface area (Å²) in [5, 5.41) is 10.00. The Morgan fingerprint density at radius 2 is 0.889 bits per heavy atom. The van der Waals surface area contributed by atoms with Crippen molar-refractivity contribution < 1.29 is 22.4 Å². The minimum atomic E-state index is 0. The van der Waals surface area contributed by atoms with Crippen molar-refractivity contribution in [1.82, 2.24) is 4.98 Å². The van der Waals surface area contributed by atoms with Crippen molar-refractivity contribution in [2.45, 2.75) is 91.9 Å². The van der Waals surface area contributed by atoms with E-state index in [2.05, 4.69) is 250 Å². The minimum absolute atomic E-state index is 0. The van der Waals surface area contributed by atoms with Gasteiger partial charge >= 0.3 is 0 Å². The van der Waals surface area contributed by atoms with Gasteiger partial charge in [-0.3, -0.25) is 0 Å².